The minimum atomic E-state index is -0.350. The first kappa shape index (κ1) is 15.7. The van der Waals surface area contributed by atoms with E-state index >= 15 is 0 Å². The van der Waals surface area contributed by atoms with Gasteiger partial charge in [0, 0.05) is 35.9 Å². The summed E-state index contributed by atoms with van der Waals surface area (Å²) in [5.41, 5.74) is 4.60. The molecule has 2 heterocycles. The third-order valence-electron chi connectivity index (χ3n) is 3.74. The van der Waals surface area contributed by atoms with Gasteiger partial charge in [-0.2, -0.15) is 5.10 Å². The Bertz CT molecular complexity index is 818. The molecule has 0 fully saturated rings. The highest BCUT2D eigenvalue weighted by Crippen LogP contribution is 2.27. The van der Waals surface area contributed by atoms with Gasteiger partial charge in [0.1, 0.15) is 5.75 Å². The number of pyridine rings is 1. The van der Waals surface area contributed by atoms with Crippen LogP contribution in [0.4, 0.5) is 5.69 Å². The SMILES string of the molecule is CC1CC(=O)NN=C1c1ccc(O)c(NC(=O)c2ccncc2)c1. The van der Waals surface area contributed by atoms with E-state index in [1.165, 1.54) is 18.5 Å². The number of nitrogens with zero attached hydrogens (tertiary/aromatic N) is 2. The molecule has 24 heavy (non-hydrogen) atoms. The van der Waals surface area contributed by atoms with E-state index in [2.05, 4.69) is 20.8 Å². The standard InChI is InChI=1S/C17H16N4O3/c1-10-8-15(23)20-21-16(10)12-2-3-14(22)13(9-12)19-17(24)11-4-6-18-7-5-11/h2-7,9-10,22H,8H2,1H3,(H,19,24)(H,20,23). The third kappa shape index (κ3) is 3.24. The summed E-state index contributed by atoms with van der Waals surface area (Å²) in [5.74, 6) is -0.575. The van der Waals surface area contributed by atoms with Crippen molar-refractivity contribution in [3.63, 3.8) is 0 Å². The number of aromatic hydroxyl groups is 1. The van der Waals surface area contributed by atoms with Crippen LogP contribution in [-0.4, -0.2) is 27.6 Å². The van der Waals surface area contributed by atoms with Crippen LogP contribution in [0.25, 0.3) is 0 Å². The predicted molar refractivity (Wildman–Crippen MR) is 88.8 cm³/mol. The number of hydrazone groups is 1. The average Bonchev–Trinajstić information content (AvgIpc) is 2.58. The fourth-order valence-electron chi connectivity index (χ4n) is 2.50. The summed E-state index contributed by atoms with van der Waals surface area (Å²) in [6.07, 6.45) is 3.39. The summed E-state index contributed by atoms with van der Waals surface area (Å²) >= 11 is 0. The number of nitrogens with one attached hydrogen (secondary N) is 2. The van der Waals surface area contributed by atoms with Crippen LogP contribution < -0.4 is 10.7 Å². The molecule has 1 aromatic carbocycles. The molecule has 7 heteroatoms. The van der Waals surface area contributed by atoms with E-state index in [4.69, 9.17) is 0 Å². The van der Waals surface area contributed by atoms with Crippen molar-refractivity contribution in [2.75, 3.05) is 5.32 Å². The number of hydrogen-bond acceptors (Lipinski definition) is 5. The van der Waals surface area contributed by atoms with Gasteiger partial charge >= 0.3 is 0 Å². The molecule has 122 valence electrons. The maximum Gasteiger partial charge on any atom is 0.255 e. The van der Waals surface area contributed by atoms with Gasteiger partial charge in [0.05, 0.1) is 11.4 Å². The molecule has 0 radical (unpaired) electrons. The maximum absolute atomic E-state index is 12.2. The molecule has 0 spiro atoms. The fourth-order valence-corrected chi connectivity index (χ4v) is 2.50. The van der Waals surface area contributed by atoms with Crippen LogP contribution in [0.2, 0.25) is 0 Å². The summed E-state index contributed by atoms with van der Waals surface area (Å²) in [5, 5.41) is 16.8. The molecular weight excluding hydrogens is 308 g/mol. The van der Waals surface area contributed by atoms with Crippen LogP contribution in [0, 0.1) is 5.92 Å². The van der Waals surface area contributed by atoms with Gasteiger partial charge in [0.2, 0.25) is 5.91 Å². The van der Waals surface area contributed by atoms with Gasteiger partial charge in [-0.15, -0.1) is 0 Å². The highest BCUT2D eigenvalue weighted by atomic mass is 16.3. The van der Waals surface area contributed by atoms with Crippen molar-refractivity contribution in [2.45, 2.75) is 13.3 Å². The summed E-state index contributed by atoms with van der Waals surface area (Å²) in [6, 6.07) is 7.99. The lowest BCUT2D eigenvalue weighted by molar-refractivity contribution is -0.121. The van der Waals surface area contributed by atoms with E-state index in [1.54, 1.807) is 24.3 Å². The van der Waals surface area contributed by atoms with E-state index in [9.17, 15) is 14.7 Å². The lowest BCUT2D eigenvalue weighted by Gasteiger charge is -2.20. The molecule has 3 N–H and O–H groups in total. The largest absolute Gasteiger partial charge is 0.506 e. The molecule has 7 nitrogen and oxygen atoms in total. The quantitative estimate of drug-likeness (QED) is 0.750. The number of carbonyl (C=O) groups excluding carboxylic acids is 2. The molecule has 1 unspecified atom stereocenters. The Labute approximate surface area is 138 Å². The zero-order valence-electron chi connectivity index (χ0n) is 13.0. The van der Waals surface area contributed by atoms with E-state index in [0.29, 0.717) is 17.7 Å². The average molecular weight is 324 g/mol. The molecule has 0 saturated carbocycles. The Kier molecular flexibility index (Phi) is 4.24. The number of phenolic OH excluding ortho intramolecular Hbond substituents is 1. The van der Waals surface area contributed by atoms with Crippen molar-refractivity contribution in [1.82, 2.24) is 10.4 Å². The Morgan fingerprint density at radius 3 is 2.75 bits per heavy atom. The molecule has 0 bridgehead atoms. The zero-order valence-corrected chi connectivity index (χ0v) is 13.0. The molecule has 0 aliphatic carbocycles. The van der Waals surface area contributed by atoms with Crippen LogP contribution in [0.3, 0.4) is 0 Å². The summed E-state index contributed by atoms with van der Waals surface area (Å²) in [6.45, 7) is 1.90. The molecule has 2 aromatic rings. The molecule has 1 aliphatic heterocycles. The second kappa shape index (κ2) is 6.49. The first-order chi connectivity index (χ1) is 11.5. The number of anilines is 1. The van der Waals surface area contributed by atoms with Gasteiger partial charge in [0.25, 0.3) is 5.91 Å². The summed E-state index contributed by atoms with van der Waals surface area (Å²) in [7, 11) is 0. The highest BCUT2D eigenvalue weighted by molar-refractivity contribution is 6.08. The van der Waals surface area contributed by atoms with E-state index in [0.717, 1.165) is 5.56 Å². The first-order valence-electron chi connectivity index (χ1n) is 7.46. The maximum atomic E-state index is 12.2. The molecule has 1 aliphatic rings. The van der Waals surface area contributed by atoms with Crippen molar-refractivity contribution in [3.8, 4) is 5.75 Å². The van der Waals surface area contributed by atoms with Crippen LogP contribution in [-0.2, 0) is 4.79 Å². The minimum Gasteiger partial charge on any atom is -0.506 e. The second-order valence-corrected chi connectivity index (χ2v) is 5.56. The van der Waals surface area contributed by atoms with Crippen LogP contribution in [0.5, 0.6) is 5.75 Å². The van der Waals surface area contributed by atoms with Crippen molar-refractivity contribution in [3.05, 3.63) is 53.9 Å². The zero-order chi connectivity index (χ0) is 17.1. The first-order valence-corrected chi connectivity index (χ1v) is 7.46. The van der Waals surface area contributed by atoms with Gasteiger partial charge in [0.15, 0.2) is 0 Å². The molecule has 0 saturated heterocycles. The van der Waals surface area contributed by atoms with Crippen molar-refractivity contribution in [1.29, 1.82) is 0 Å². The number of aromatic nitrogens is 1. The third-order valence-corrected chi connectivity index (χ3v) is 3.74. The lowest BCUT2D eigenvalue weighted by atomic mass is 9.94. The van der Waals surface area contributed by atoms with Gasteiger partial charge in [-0.05, 0) is 30.3 Å². The number of phenols is 1. The van der Waals surface area contributed by atoms with Gasteiger partial charge in [-0.25, -0.2) is 5.43 Å². The Morgan fingerprint density at radius 1 is 1.29 bits per heavy atom. The van der Waals surface area contributed by atoms with Crippen molar-refractivity contribution in [2.24, 2.45) is 11.0 Å². The van der Waals surface area contributed by atoms with Gasteiger partial charge in [-0.3, -0.25) is 14.6 Å². The monoisotopic (exact) mass is 324 g/mol. The highest BCUT2D eigenvalue weighted by Gasteiger charge is 2.22. The normalized spacial score (nSPS) is 17.0. The number of carbonyl (C=O) groups is 2. The molecule has 3 rings (SSSR count). The summed E-state index contributed by atoms with van der Waals surface area (Å²) in [4.78, 5) is 27.4. The predicted octanol–water partition coefficient (Wildman–Crippen LogP) is 1.90. The Morgan fingerprint density at radius 2 is 2.04 bits per heavy atom. The number of amides is 2. The van der Waals surface area contributed by atoms with Gasteiger partial charge < -0.3 is 10.4 Å². The Balaban J connectivity index is 1.87. The smallest absolute Gasteiger partial charge is 0.255 e. The fraction of sp³-hybridized carbons (Fsp3) is 0.176. The van der Waals surface area contributed by atoms with Crippen molar-refractivity contribution >= 4 is 23.2 Å². The molecule has 1 aromatic heterocycles. The second-order valence-electron chi connectivity index (χ2n) is 5.56. The number of hydrogen-bond donors (Lipinski definition) is 3. The van der Waals surface area contributed by atoms with Crippen LogP contribution in [0.15, 0.2) is 47.8 Å². The number of rotatable bonds is 3. The molecule has 2 amide bonds. The minimum absolute atomic E-state index is 0.0470. The summed E-state index contributed by atoms with van der Waals surface area (Å²) < 4.78 is 0. The number of benzene rings is 1. The van der Waals surface area contributed by atoms with E-state index < -0.39 is 0 Å². The van der Waals surface area contributed by atoms with E-state index in [1.807, 2.05) is 6.92 Å². The molecular formula is C17H16N4O3. The van der Waals surface area contributed by atoms with Crippen LogP contribution >= 0.6 is 0 Å². The van der Waals surface area contributed by atoms with Crippen LogP contribution in [0.1, 0.15) is 29.3 Å². The lowest BCUT2D eigenvalue weighted by Crippen LogP contribution is -2.32. The topological polar surface area (TPSA) is 104 Å². The molecule has 1 atom stereocenters. The van der Waals surface area contributed by atoms with Crippen molar-refractivity contribution < 1.29 is 14.7 Å². The van der Waals surface area contributed by atoms with E-state index in [-0.39, 0.29) is 29.2 Å². The van der Waals surface area contributed by atoms with Gasteiger partial charge in [-0.1, -0.05) is 6.92 Å². The Hall–Kier alpha value is -3.22.